The van der Waals surface area contributed by atoms with Gasteiger partial charge in [0.1, 0.15) is 0 Å². The largest absolute Gasteiger partial charge is 0.392 e. The fourth-order valence-electron chi connectivity index (χ4n) is 2.00. The van der Waals surface area contributed by atoms with Gasteiger partial charge in [0.25, 0.3) is 0 Å². The van der Waals surface area contributed by atoms with Crippen molar-refractivity contribution in [2.24, 2.45) is 11.0 Å². The molecule has 1 rings (SSSR count). The van der Waals surface area contributed by atoms with Crippen molar-refractivity contribution in [3.8, 4) is 0 Å². The number of hydrogen-bond acceptors (Lipinski definition) is 2. The van der Waals surface area contributed by atoms with Gasteiger partial charge in [-0.15, -0.1) is 0 Å². The minimum Gasteiger partial charge on any atom is -0.392 e. The Labute approximate surface area is 90.6 Å². The molecular formula is C11H19N3O. The van der Waals surface area contributed by atoms with E-state index in [1.165, 1.54) is 0 Å². The van der Waals surface area contributed by atoms with E-state index in [2.05, 4.69) is 16.1 Å². The molecule has 1 N–H and O–H groups in total. The molecule has 4 heteroatoms. The van der Waals surface area contributed by atoms with Crippen molar-refractivity contribution in [2.45, 2.75) is 45.1 Å². The summed E-state index contributed by atoms with van der Waals surface area (Å²) in [6.07, 6.45) is 7.48. The van der Waals surface area contributed by atoms with E-state index in [0.29, 0.717) is 5.92 Å². The number of aliphatic hydroxyl groups excluding tert-OH is 1. The van der Waals surface area contributed by atoms with Crippen molar-refractivity contribution in [1.82, 2.24) is 0 Å². The molecule has 15 heavy (non-hydrogen) atoms. The molecule has 1 saturated carbocycles. The molecule has 0 spiro atoms. The summed E-state index contributed by atoms with van der Waals surface area (Å²) in [7, 11) is 0. The van der Waals surface area contributed by atoms with Gasteiger partial charge >= 0.3 is 0 Å². The molecule has 84 valence electrons. The van der Waals surface area contributed by atoms with E-state index in [4.69, 9.17) is 10.6 Å². The highest BCUT2D eigenvalue weighted by Gasteiger charge is 2.19. The first-order valence-electron chi connectivity index (χ1n) is 5.57. The van der Waals surface area contributed by atoms with Gasteiger partial charge in [0, 0.05) is 11.0 Å². The fourth-order valence-corrected chi connectivity index (χ4v) is 2.00. The SMILES string of the molecule is C/C(=C\C[C@H]1CC[C@H](N=[N+]=[N-])CC1)CO. The summed E-state index contributed by atoms with van der Waals surface area (Å²) in [5, 5.41) is 12.6. The van der Waals surface area contributed by atoms with Crippen LogP contribution in [0.15, 0.2) is 16.8 Å². The number of rotatable bonds is 4. The fraction of sp³-hybridized carbons (Fsp3) is 0.818. The Balaban J connectivity index is 2.28. The summed E-state index contributed by atoms with van der Waals surface area (Å²) in [5.41, 5.74) is 9.36. The first kappa shape index (κ1) is 12.1. The molecule has 4 nitrogen and oxygen atoms in total. The summed E-state index contributed by atoms with van der Waals surface area (Å²) in [6, 6.07) is 0.217. The van der Waals surface area contributed by atoms with Crippen molar-refractivity contribution < 1.29 is 5.11 Å². The molecule has 1 aliphatic carbocycles. The molecular weight excluding hydrogens is 190 g/mol. The summed E-state index contributed by atoms with van der Waals surface area (Å²) < 4.78 is 0. The third-order valence-electron chi connectivity index (χ3n) is 3.08. The third kappa shape index (κ3) is 4.36. The molecule has 0 aromatic carbocycles. The average molecular weight is 209 g/mol. The zero-order chi connectivity index (χ0) is 11.1. The number of azide groups is 1. The maximum Gasteiger partial charge on any atom is 0.0639 e. The Hall–Kier alpha value is -0.990. The molecule has 0 radical (unpaired) electrons. The van der Waals surface area contributed by atoms with Crippen LogP contribution in [0.1, 0.15) is 39.0 Å². The summed E-state index contributed by atoms with van der Waals surface area (Å²) >= 11 is 0. The predicted octanol–water partition coefficient (Wildman–Crippen LogP) is 3.18. The lowest BCUT2D eigenvalue weighted by molar-refractivity contribution is 0.320. The van der Waals surface area contributed by atoms with Gasteiger partial charge < -0.3 is 5.11 Å². The van der Waals surface area contributed by atoms with Crippen LogP contribution in [0.4, 0.5) is 0 Å². The predicted molar refractivity (Wildman–Crippen MR) is 60.4 cm³/mol. The number of nitrogens with zero attached hydrogens (tertiary/aromatic N) is 3. The first-order valence-corrected chi connectivity index (χ1v) is 5.57. The van der Waals surface area contributed by atoms with Gasteiger partial charge in [0.05, 0.1) is 6.61 Å². The molecule has 0 aromatic rings. The molecule has 0 saturated heterocycles. The molecule has 0 atom stereocenters. The van der Waals surface area contributed by atoms with E-state index >= 15 is 0 Å². The number of aliphatic hydroxyl groups is 1. The van der Waals surface area contributed by atoms with Gasteiger partial charge in [-0.1, -0.05) is 16.8 Å². The van der Waals surface area contributed by atoms with Crippen LogP contribution in [0.5, 0.6) is 0 Å². The lowest BCUT2D eigenvalue weighted by atomic mass is 9.84. The zero-order valence-corrected chi connectivity index (χ0v) is 9.26. The minimum atomic E-state index is 0.161. The zero-order valence-electron chi connectivity index (χ0n) is 9.26. The maximum absolute atomic E-state index is 8.85. The van der Waals surface area contributed by atoms with E-state index in [0.717, 1.165) is 37.7 Å². The first-order chi connectivity index (χ1) is 7.26. The van der Waals surface area contributed by atoms with Crippen LogP contribution >= 0.6 is 0 Å². The van der Waals surface area contributed by atoms with Crippen LogP contribution in [-0.4, -0.2) is 17.8 Å². The van der Waals surface area contributed by atoms with Crippen LogP contribution in [0.25, 0.3) is 10.4 Å². The van der Waals surface area contributed by atoms with Crippen molar-refractivity contribution in [3.05, 3.63) is 22.1 Å². The maximum atomic E-state index is 8.85. The van der Waals surface area contributed by atoms with E-state index in [-0.39, 0.29) is 12.6 Å². The lowest BCUT2D eigenvalue weighted by Gasteiger charge is -2.24. The lowest BCUT2D eigenvalue weighted by Crippen LogP contribution is -2.16. The van der Waals surface area contributed by atoms with Crippen molar-refractivity contribution >= 4 is 0 Å². The molecule has 1 aliphatic rings. The Morgan fingerprint density at radius 2 is 2.13 bits per heavy atom. The van der Waals surface area contributed by atoms with Crippen LogP contribution in [0.3, 0.4) is 0 Å². The van der Waals surface area contributed by atoms with Crippen LogP contribution in [0, 0.1) is 5.92 Å². The Bertz CT molecular complexity index is 261. The molecule has 0 amide bonds. The van der Waals surface area contributed by atoms with Gasteiger partial charge in [-0.2, -0.15) is 0 Å². The molecule has 0 heterocycles. The second-order valence-corrected chi connectivity index (χ2v) is 4.32. The molecule has 0 aromatic heterocycles. The smallest absolute Gasteiger partial charge is 0.0639 e. The number of allylic oxidation sites excluding steroid dienone is 1. The van der Waals surface area contributed by atoms with E-state index in [1.807, 2.05) is 6.92 Å². The minimum absolute atomic E-state index is 0.161. The quantitative estimate of drug-likeness (QED) is 0.328. The molecule has 0 aliphatic heterocycles. The standard InChI is InChI=1S/C11H19N3O/c1-9(8-15)2-3-10-4-6-11(7-5-10)13-14-12/h2,10-11,15H,3-8H2,1H3/b9-2+/t10-,11-. The van der Waals surface area contributed by atoms with Crippen molar-refractivity contribution in [3.63, 3.8) is 0 Å². The second kappa shape index (κ2) is 6.49. The normalized spacial score (nSPS) is 27.2. The molecule has 0 bridgehead atoms. The van der Waals surface area contributed by atoms with Gasteiger partial charge in [-0.25, -0.2) is 0 Å². The topological polar surface area (TPSA) is 69.0 Å². The van der Waals surface area contributed by atoms with Gasteiger partial charge in [0.15, 0.2) is 0 Å². The van der Waals surface area contributed by atoms with Gasteiger partial charge in [-0.3, -0.25) is 0 Å². The average Bonchev–Trinajstić information content (AvgIpc) is 2.28. The van der Waals surface area contributed by atoms with Crippen LogP contribution in [0.2, 0.25) is 0 Å². The highest BCUT2D eigenvalue weighted by atomic mass is 16.3. The highest BCUT2D eigenvalue weighted by Crippen LogP contribution is 2.29. The molecule has 0 unspecified atom stereocenters. The summed E-state index contributed by atoms with van der Waals surface area (Å²) in [6.45, 7) is 2.11. The summed E-state index contributed by atoms with van der Waals surface area (Å²) in [4.78, 5) is 2.85. The van der Waals surface area contributed by atoms with Crippen LogP contribution in [-0.2, 0) is 0 Å². The molecule has 1 fully saturated rings. The van der Waals surface area contributed by atoms with Gasteiger partial charge in [-0.05, 0) is 50.5 Å². The second-order valence-electron chi connectivity index (χ2n) is 4.32. The van der Waals surface area contributed by atoms with E-state index in [9.17, 15) is 0 Å². The van der Waals surface area contributed by atoms with Gasteiger partial charge in [0.2, 0.25) is 0 Å². The summed E-state index contributed by atoms with van der Waals surface area (Å²) in [5.74, 6) is 0.705. The Morgan fingerprint density at radius 1 is 1.47 bits per heavy atom. The monoisotopic (exact) mass is 209 g/mol. The van der Waals surface area contributed by atoms with E-state index in [1.54, 1.807) is 0 Å². The Morgan fingerprint density at radius 3 is 2.67 bits per heavy atom. The highest BCUT2D eigenvalue weighted by molar-refractivity contribution is 4.98. The van der Waals surface area contributed by atoms with Crippen LogP contribution < -0.4 is 0 Å². The van der Waals surface area contributed by atoms with Crippen molar-refractivity contribution in [2.75, 3.05) is 6.61 Å². The van der Waals surface area contributed by atoms with Crippen molar-refractivity contribution in [1.29, 1.82) is 0 Å². The number of hydrogen-bond donors (Lipinski definition) is 1. The van der Waals surface area contributed by atoms with E-state index < -0.39 is 0 Å². The Kier molecular flexibility index (Phi) is 5.22. The third-order valence-corrected chi connectivity index (χ3v) is 3.08.